The number of amides is 2. The molecule has 0 aromatic heterocycles. The van der Waals surface area contributed by atoms with Crippen LogP contribution >= 0.6 is 0 Å². The van der Waals surface area contributed by atoms with Crippen LogP contribution in [0.15, 0.2) is 35.9 Å². The van der Waals surface area contributed by atoms with Gasteiger partial charge < -0.3 is 34.7 Å². The van der Waals surface area contributed by atoms with E-state index < -0.39 is 24.2 Å². The number of fused-ring (bicyclic) bond motifs is 3. The monoisotopic (exact) mass is 460 g/mol. The first kappa shape index (κ1) is 24.9. The minimum absolute atomic E-state index is 0.00615. The highest BCUT2D eigenvalue weighted by molar-refractivity contribution is 5.96. The fourth-order valence-electron chi connectivity index (χ4n) is 4.45. The van der Waals surface area contributed by atoms with Crippen LogP contribution in [0.25, 0.3) is 0 Å². The second kappa shape index (κ2) is 11.4. The van der Waals surface area contributed by atoms with Gasteiger partial charge in [-0.25, -0.2) is 0 Å². The number of carbonyl (C=O) groups is 3. The number of hydrogen-bond acceptors (Lipinski definition) is 7. The molecule has 9 heteroatoms. The third-order valence-corrected chi connectivity index (χ3v) is 6.01. The summed E-state index contributed by atoms with van der Waals surface area (Å²) in [6.45, 7) is 1.81. The van der Waals surface area contributed by atoms with Gasteiger partial charge in [0.25, 0.3) is 0 Å². The Balaban J connectivity index is 1.95. The molecule has 0 saturated heterocycles. The maximum Gasteiger partial charge on any atom is 0.247 e. The van der Waals surface area contributed by atoms with E-state index in [2.05, 4.69) is 5.32 Å². The number of ether oxygens (including phenoxy) is 2. The van der Waals surface area contributed by atoms with E-state index >= 15 is 0 Å². The predicted octanol–water partition coefficient (Wildman–Crippen LogP) is 0.544. The van der Waals surface area contributed by atoms with Crippen LogP contribution in [-0.2, 0) is 19.1 Å². The number of methoxy groups -OCH3 is 1. The van der Waals surface area contributed by atoms with Gasteiger partial charge in [0.05, 0.1) is 25.2 Å². The smallest absolute Gasteiger partial charge is 0.247 e. The SMILES string of the molecule is COCCN(C(=O)CCCC(C)=O)[C@@H]1C=C(C(=O)NCCO)[C@@H]2c3ccccc3O[C@@H]2[C@H]1O. The molecule has 0 bridgehead atoms. The topological polar surface area (TPSA) is 125 Å². The molecule has 0 fully saturated rings. The number of para-hydroxylation sites is 1. The maximum atomic E-state index is 13.1. The van der Waals surface area contributed by atoms with Crippen molar-refractivity contribution in [3.63, 3.8) is 0 Å². The highest BCUT2D eigenvalue weighted by Gasteiger charge is 2.50. The van der Waals surface area contributed by atoms with Gasteiger partial charge in [-0.1, -0.05) is 18.2 Å². The number of benzene rings is 1. The van der Waals surface area contributed by atoms with Crippen LogP contribution in [0.2, 0.25) is 0 Å². The molecule has 1 heterocycles. The van der Waals surface area contributed by atoms with Crippen molar-refractivity contribution in [1.29, 1.82) is 0 Å². The molecule has 4 atom stereocenters. The fourth-order valence-corrected chi connectivity index (χ4v) is 4.45. The van der Waals surface area contributed by atoms with Crippen molar-refractivity contribution < 1.29 is 34.1 Å². The predicted molar refractivity (Wildman–Crippen MR) is 120 cm³/mol. The minimum Gasteiger partial charge on any atom is -0.486 e. The van der Waals surface area contributed by atoms with E-state index in [0.717, 1.165) is 5.56 Å². The summed E-state index contributed by atoms with van der Waals surface area (Å²) in [5.74, 6) is -0.524. The molecule has 33 heavy (non-hydrogen) atoms. The summed E-state index contributed by atoms with van der Waals surface area (Å²) in [6, 6.07) is 6.49. The van der Waals surface area contributed by atoms with Gasteiger partial charge in [0.2, 0.25) is 11.8 Å². The average molecular weight is 461 g/mol. The van der Waals surface area contributed by atoms with Gasteiger partial charge in [-0.2, -0.15) is 0 Å². The molecular formula is C24H32N2O7. The summed E-state index contributed by atoms with van der Waals surface area (Å²) < 4.78 is 11.2. The van der Waals surface area contributed by atoms with Crippen LogP contribution < -0.4 is 10.1 Å². The minimum atomic E-state index is -1.08. The van der Waals surface area contributed by atoms with E-state index in [0.29, 0.717) is 24.2 Å². The molecule has 1 aromatic carbocycles. The van der Waals surface area contributed by atoms with E-state index in [-0.39, 0.29) is 50.3 Å². The van der Waals surface area contributed by atoms with Crippen molar-refractivity contribution in [1.82, 2.24) is 10.2 Å². The molecule has 1 aliphatic heterocycles. The van der Waals surface area contributed by atoms with Gasteiger partial charge in [0, 0.05) is 44.2 Å². The lowest BCUT2D eigenvalue weighted by Gasteiger charge is -2.40. The Morgan fingerprint density at radius 1 is 1.21 bits per heavy atom. The highest BCUT2D eigenvalue weighted by atomic mass is 16.5. The lowest BCUT2D eigenvalue weighted by atomic mass is 9.77. The Hall–Kier alpha value is -2.75. The second-order valence-electron chi connectivity index (χ2n) is 8.32. The van der Waals surface area contributed by atoms with Crippen LogP contribution in [0, 0.1) is 0 Å². The highest BCUT2D eigenvalue weighted by Crippen LogP contribution is 2.47. The third-order valence-electron chi connectivity index (χ3n) is 6.01. The Labute approximate surface area is 193 Å². The molecule has 0 saturated carbocycles. The molecule has 180 valence electrons. The summed E-state index contributed by atoms with van der Waals surface area (Å²) in [4.78, 5) is 38.9. The summed E-state index contributed by atoms with van der Waals surface area (Å²) in [5, 5.41) is 23.1. The maximum absolute atomic E-state index is 13.1. The van der Waals surface area contributed by atoms with E-state index in [9.17, 15) is 19.5 Å². The molecule has 0 radical (unpaired) electrons. The Morgan fingerprint density at radius 3 is 2.67 bits per heavy atom. The van der Waals surface area contributed by atoms with Crippen molar-refractivity contribution >= 4 is 17.6 Å². The molecule has 9 nitrogen and oxygen atoms in total. The second-order valence-corrected chi connectivity index (χ2v) is 8.32. The zero-order valence-corrected chi connectivity index (χ0v) is 19.0. The largest absolute Gasteiger partial charge is 0.486 e. The lowest BCUT2D eigenvalue weighted by molar-refractivity contribution is -0.138. The molecule has 1 aliphatic carbocycles. The average Bonchev–Trinajstić information content (AvgIpc) is 3.19. The number of nitrogens with one attached hydrogen (secondary N) is 1. The summed E-state index contributed by atoms with van der Waals surface area (Å²) in [5.41, 5.74) is 1.18. The summed E-state index contributed by atoms with van der Waals surface area (Å²) in [7, 11) is 1.52. The summed E-state index contributed by atoms with van der Waals surface area (Å²) in [6.07, 6.45) is 0.643. The van der Waals surface area contributed by atoms with Gasteiger partial charge in [0.15, 0.2) is 0 Å². The zero-order chi connectivity index (χ0) is 24.0. The number of rotatable bonds is 11. The van der Waals surface area contributed by atoms with Gasteiger partial charge in [0.1, 0.15) is 23.7 Å². The van der Waals surface area contributed by atoms with Gasteiger partial charge in [-0.3, -0.25) is 9.59 Å². The van der Waals surface area contributed by atoms with Crippen molar-refractivity contribution in [2.45, 2.75) is 50.4 Å². The Morgan fingerprint density at radius 2 is 1.97 bits per heavy atom. The number of aliphatic hydroxyl groups excluding tert-OH is 2. The van der Waals surface area contributed by atoms with E-state index in [1.54, 1.807) is 12.1 Å². The number of nitrogens with zero attached hydrogens (tertiary/aromatic N) is 1. The standard InChI is InChI=1S/C24H32N2O7/c1-15(28)6-5-9-20(29)26(11-13-32-2)18-14-17(24(31)25-10-12-27)21-16-7-3-4-8-19(16)33-23(21)22(18)30/h3-4,7-8,14,18,21-23,27,30H,5-6,9-13H2,1-2H3,(H,25,31)/t18-,21+,22+,23+/m1/s1. The number of aliphatic hydroxyl groups is 2. The molecule has 1 aromatic rings. The number of ketones is 1. The Kier molecular flexibility index (Phi) is 8.60. The fraction of sp³-hybridized carbons (Fsp3) is 0.542. The van der Waals surface area contributed by atoms with Crippen LogP contribution in [0.5, 0.6) is 5.75 Å². The van der Waals surface area contributed by atoms with E-state index in [1.807, 2.05) is 18.2 Å². The van der Waals surface area contributed by atoms with Crippen molar-refractivity contribution in [2.75, 3.05) is 33.4 Å². The van der Waals surface area contributed by atoms with Crippen molar-refractivity contribution in [3.8, 4) is 5.75 Å². The van der Waals surface area contributed by atoms with Crippen molar-refractivity contribution in [3.05, 3.63) is 41.5 Å². The molecule has 3 rings (SSSR count). The Bertz CT molecular complexity index is 901. The quantitative estimate of drug-likeness (QED) is 0.440. The zero-order valence-electron chi connectivity index (χ0n) is 19.0. The molecule has 3 N–H and O–H groups in total. The first-order valence-electron chi connectivity index (χ1n) is 11.2. The first-order chi connectivity index (χ1) is 15.9. The van der Waals surface area contributed by atoms with Gasteiger partial charge in [-0.15, -0.1) is 0 Å². The molecule has 2 amide bonds. The van der Waals surface area contributed by atoms with Gasteiger partial charge in [-0.05, 0) is 25.5 Å². The van der Waals surface area contributed by atoms with Crippen LogP contribution in [0.3, 0.4) is 0 Å². The van der Waals surface area contributed by atoms with Gasteiger partial charge >= 0.3 is 0 Å². The van der Waals surface area contributed by atoms with Crippen molar-refractivity contribution in [2.24, 2.45) is 0 Å². The molecule has 0 unspecified atom stereocenters. The van der Waals surface area contributed by atoms with Crippen LogP contribution in [0.1, 0.15) is 37.7 Å². The molecule has 0 spiro atoms. The third kappa shape index (κ3) is 5.61. The molecular weight excluding hydrogens is 428 g/mol. The number of hydrogen-bond donors (Lipinski definition) is 3. The van der Waals surface area contributed by atoms with Crippen LogP contribution in [-0.4, -0.2) is 84.4 Å². The number of Topliss-reactive ketones (excluding diaryl/α,β-unsaturated/α-hetero) is 1. The van der Waals surface area contributed by atoms with E-state index in [1.165, 1.54) is 18.9 Å². The molecule has 2 aliphatic rings. The van der Waals surface area contributed by atoms with Crippen LogP contribution in [0.4, 0.5) is 0 Å². The number of carbonyl (C=O) groups excluding carboxylic acids is 3. The lowest BCUT2D eigenvalue weighted by Crippen LogP contribution is -2.56. The summed E-state index contributed by atoms with van der Waals surface area (Å²) >= 11 is 0. The van der Waals surface area contributed by atoms with E-state index in [4.69, 9.17) is 14.6 Å². The first-order valence-corrected chi connectivity index (χ1v) is 11.2. The normalized spacial score (nSPS) is 23.1.